The van der Waals surface area contributed by atoms with Crippen LogP contribution in [0.4, 0.5) is 0 Å². The largest absolute Gasteiger partial charge is 0.368 e. The number of nitrogens with zero attached hydrogens (tertiary/aromatic N) is 2. The topological polar surface area (TPSA) is 92.5 Å². The summed E-state index contributed by atoms with van der Waals surface area (Å²) in [7, 11) is -4.03. The van der Waals surface area contributed by atoms with Gasteiger partial charge in [0.15, 0.2) is 0 Å². The molecule has 1 heterocycles. The molecule has 2 N–H and O–H groups in total. The van der Waals surface area contributed by atoms with Gasteiger partial charge in [0.1, 0.15) is 12.7 Å². The van der Waals surface area contributed by atoms with Crippen LogP contribution in [-0.4, -0.2) is 38.5 Å². The molecule has 0 aromatic carbocycles. The first-order valence-electron chi connectivity index (χ1n) is 4.09. The Bertz CT molecular complexity index is 331. The molecule has 1 aromatic rings. The molecule has 6 nitrogen and oxygen atoms in total. The number of thioether (sulfide) groups is 1. The van der Waals surface area contributed by atoms with Gasteiger partial charge in [0.05, 0.1) is 11.6 Å². The van der Waals surface area contributed by atoms with E-state index in [0.717, 1.165) is 5.03 Å². The molecule has 0 aliphatic heterocycles. The van der Waals surface area contributed by atoms with Crippen LogP contribution in [0.1, 0.15) is 0 Å². The Labute approximate surface area is 91.3 Å². The zero-order valence-electron chi connectivity index (χ0n) is 7.81. The van der Waals surface area contributed by atoms with Crippen molar-refractivity contribution >= 4 is 19.4 Å². The van der Waals surface area contributed by atoms with E-state index >= 15 is 0 Å². The fourth-order valence-electron chi connectivity index (χ4n) is 0.753. The average Bonchev–Trinajstić information content (AvgIpc) is 2.17. The molecule has 0 saturated heterocycles. The molecule has 0 unspecified atom stereocenters. The van der Waals surface area contributed by atoms with Crippen molar-refractivity contribution in [3.63, 3.8) is 0 Å². The monoisotopic (exact) mass is 250 g/mol. The summed E-state index contributed by atoms with van der Waals surface area (Å²) in [6.07, 6.45) is 2.54. The minimum atomic E-state index is -4.03. The summed E-state index contributed by atoms with van der Waals surface area (Å²) < 4.78 is 15.2. The molecule has 0 bridgehead atoms. The van der Waals surface area contributed by atoms with Gasteiger partial charge in [-0.15, -0.1) is 11.8 Å². The second-order valence-electron chi connectivity index (χ2n) is 2.60. The summed E-state index contributed by atoms with van der Waals surface area (Å²) in [6.45, 7) is 0.278. The summed E-state index contributed by atoms with van der Waals surface area (Å²) in [5.74, 6) is 0.594. The Morgan fingerprint density at radius 1 is 1.53 bits per heavy atom. The first-order chi connectivity index (χ1) is 7.08. The Morgan fingerprint density at radius 2 is 2.33 bits per heavy atom. The van der Waals surface area contributed by atoms with Crippen molar-refractivity contribution in [2.24, 2.45) is 0 Å². The molecule has 1 rings (SSSR count). The van der Waals surface area contributed by atoms with E-state index in [4.69, 9.17) is 14.5 Å². The van der Waals surface area contributed by atoms with Gasteiger partial charge in [-0.1, -0.05) is 0 Å². The predicted octanol–water partition coefficient (Wildman–Crippen LogP) is 0.720. The highest BCUT2D eigenvalue weighted by atomic mass is 32.2. The zero-order valence-corrected chi connectivity index (χ0v) is 9.53. The van der Waals surface area contributed by atoms with Crippen LogP contribution in [0.3, 0.4) is 0 Å². The summed E-state index contributed by atoms with van der Waals surface area (Å²) in [5.41, 5.74) is 0. The van der Waals surface area contributed by atoms with Crippen LogP contribution in [0.5, 0.6) is 0 Å². The molecular weight excluding hydrogens is 239 g/mol. The number of aromatic nitrogens is 2. The first-order valence-corrected chi connectivity index (χ1v) is 6.87. The van der Waals surface area contributed by atoms with Crippen LogP contribution in [0.25, 0.3) is 0 Å². The van der Waals surface area contributed by atoms with E-state index in [-0.39, 0.29) is 6.61 Å². The van der Waals surface area contributed by atoms with Crippen molar-refractivity contribution in [2.75, 3.05) is 18.7 Å². The molecule has 15 heavy (non-hydrogen) atoms. The van der Waals surface area contributed by atoms with Crippen LogP contribution in [0.15, 0.2) is 23.6 Å². The quantitative estimate of drug-likeness (QED) is 0.332. The third-order valence-corrected chi connectivity index (χ3v) is 2.72. The highest BCUT2D eigenvalue weighted by Gasteiger charge is 2.11. The van der Waals surface area contributed by atoms with Crippen molar-refractivity contribution < 1.29 is 19.1 Å². The lowest BCUT2D eigenvalue weighted by Crippen LogP contribution is -2.00. The van der Waals surface area contributed by atoms with Crippen LogP contribution < -0.4 is 0 Å². The van der Waals surface area contributed by atoms with Crippen molar-refractivity contribution in [3.05, 3.63) is 18.6 Å². The van der Waals surface area contributed by atoms with Crippen molar-refractivity contribution in [1.29, 1.82) is 0 Å². The third kappa shape index (κ3) is 6.59. The lowest BCUT2D eigenvalue weighted by molar-refractivity contribution is 0.173. The van der Waals surface area contributed by atoms with Crippen molar-refractivity contribution in [2.45, 2.75) is 5.03 Å². The van der Waals surface area contributed by atoms with Gasteiger partial charge in [-0.05, 0) is 6.07 Å². The van der Waals surface area contributed by atoms with E-state index in [0.29, 0.717) is 5.75 Å². The molecule has 84 valence electrons. The van der Waals surface area contributed by atoms with Crippen LogP contribution in [-0.2, 0) is 9.30 Å². The average molecular weight is 250 g/mol. The van der Waals surface area contributed by atoms with Crippen molar-refractivity contribution in [3.8, 4) is 0 Å². The Hall–Kier alpha value is -0.460. The molecule has 8 heteroatoms. The summed E-state index contributed by atoms with van der Waals surface area (Å²) in [4.78, 5) is 24.7. The summed E-state index contributed by atoms with van der Waals surface area (Å²) in [6, 6.07) is 1.76. The molecule has 0 aliphatic rings. The van der Waals surface area contributed by atoms with E-state index in [1.807, 2.05) is 0 Å². The van der Waals surface area contributed by atoms with Gasteiger partial charge in [0, 0.05) is 11.9 Å². The molecule has 0 radical (unpaired) electrons. The van der Waals surface area contributed by atoms with E-state index in [1.54, 1.807) is 12.3 Å². The zero-order chi connectivity index (χ0) is 11.1. The SMILES string of the molecule is O=P(O)(O)COCCSc1ccncn1. The molecule has 1 aromatic heterocycles. The predicted molar refractivity (Wildman–Crippen MR) is 55.6 cm³/mol. The van der Waals surface area contributed by atoms with E-state index in [9.17, 15) is 4.57 Å². The normalized spacial score (nSPS) is 11.6. The van der Waals surface area contributed by atoms with Crippen LogP contribution in [0, 0.1) is 0 Å². The second kappa shape index (κ2) is 6.19. The molecule has 0 atom stereocenters. The Morgan fingerprint density at radius 3 is 2.93 bits per heavy atom. The summed E-state index contributed by atoms with van der Waals surface area (Å²) >= 11 is 1.44. The van der Waals surface area contributed by atoms with Gasteiger partial charge in [-0.3, -0.25) is 4.57 Å². The maximum atomic E-state index is 10.4. The smallest absolute Gasteiger partial charge is 0.350 e. The first kappa shape index (κ1) is 12.6. The van der Waals surface area contributed by atoms with E-state index in [2.05, 4.69) is 9.97 Å². The second-order valence-corrected chi connectivity index (χ2v) is 5.30. The molecule has 0 fully saturated rings. The highest BCUT2D eigenvalue weighted by molar-refractivity contribution is 7.99. The number of hydrogen-bond acceptors (Lipinski definition) is 5. The minimum absolute atomic E-state index is 0.278. The van der Waals surface area contributed by atoms with Crippen molar-refractivity contribution in [1.82, 2.24) is 9.97 Å². The molecular formula is C7H11N2O4PS. The molecule has 0 saturated carbocycles. The number of ether oxygens (including phenoxy) is 1. The van der Waals surface area contributed by atoms with Gasteiger partial charge in [0.25, 0.3) is 0 Å². The van der Waals surface area contributed by atoms with E-state index in [1.165, 1.54) is 18.1 Å². The van der Waals surface area contributed by atoms with Crippen LogP contribution >= 0.6 is 19.4 Å². The fraction of sp³-hybridized carbons (Fsp3) is 0.429. The van der Waals surface area contributed by atoms with Gasteiger partial charge < -0.3 is 14.5 Å². The minimum Gasteiger partial charge on any atom is -0.368 e. The van der Waals surface area contributed by atoms with Gasteiger partial charge in [0.2, 0.25) is 0 Å². The molecule has 0 amide bonds. The van der Waals surface area contributed by atoms with Gasteiger partial charge in [-0.25, -0.2) is 9.97 Å². The lowest BCUT2D eigenvalue weighted by Gasteiger charge is -2.04. The van der Waals surface area contributed by atoms with Gasteiger partial charge >= 0.3 is 7.60 Å². The van der Waals surface area contributed by atoms with Gasteiger partial charge in [-0.2, -0.15) is 0 Å². The third-order valence-electron chi connectivity index (χ3n) is 1.29. The van der Waals surface area contributed by atoms with Crippen LogP contribution in [0.2, 0.25) is 0 Å². The standard InChI is InChI=1S/C7H11N2O4PS/c10-14(11,12)6-13-3-4-15-7-1-2-8-5-9-7/h1-2,5H,3-4,6H2,(H2,10,11,12). The fourth-order valence-corrected chi connectivity index (χ4v) is 1.81. The Kier molecular flexibility index (Phi) is 5.21. The highest BCUT2D eigenvalue weighted by Crippen LogP contribution is 2.33. The number of hydrogen-bond donors (Lipinski definition) is 2. The van der Waals surface area contributed by atoms with E-state index < -0.39 is 13.9 Å². The molecule has 0 spiro atoms. The molecule has 0 aliphatic carbocycles. The Balaban J connectivity index is 2.10. The number of rotatable bonds is 6. The summed E-state index contributed by atoms with van der Waals surface area (Å²) in [5, 5.41) is 0.810. The lowest BCUT2D eigenvalue weighted by atomic mass is 10.7. The maximum Gasteiger partial charge on any atom is 0.350 e. The maximum absolute atomic E-state index is 10.4.